The van der Waals surface area contributed by atoms with Gasteiger partial charge in [0.25, 0.3) is 5.91 Å². The van der Waals surface area contributed by atoms with E-state index in [1.807, 2.05) is 0 Å². The van der Waals surface area contributed by atoms with E-state index in [-0.39, 0.29) is 11.9 Å². The van der Waals surface area contributed by atoms with Crippen molar-refractivity contribution in [2.75, 3.05) is 18.0 Å². The Labute approximate surface area is 137 Å². The summed E-state index contributed by atoms with van der Waals surface area (Å²) in [6, 6.07) is 3.87. The third kappa shape index (κ3) is 2.18. The number of carbonyl (C=O) groups excluding carboxylic acids is 2. The first-order valence-corrected chi connectivity index (χ1v) is 8.55. The zero-order valence-electron chi connectivity index (χ0n) is 13.1. The zero-order chi connectivity index (χ0) is 16.2. The fourth-order valence-corrected chi connectivity index (χ4v) is 4.39. The summed E-state index contributed by atoms with van der Waals surface area (Å²) in [5, 5.41) is 6.13. The second-order valence-corrected chi connectivity index (χ2v) is 7.34. The molecule has 3 amide bonds. The Kier molecular flexibility index (Phi) is 3.09. The summed E-state index contributed by atoms with van der Waals surface area (Å²) < 4.78 is 1.19. The topological polar surface area (TPSA) is 74.3 Å². The summed E-state index contributed by atoms with van der Waals surface area (Å²) in [6.45, 7) is 5.63. The third-order valence-electron chi connectivity index (χ3n) is 4.98. The highest BCUT2D eigenvalue weighted by atomic mass is 32.1. The molecule has 3 heterocycles. The van der Waals surface area contributed by atoms with Gasteiger partial charge in [0.1, 0.15) is 5.54 Å². The summed E-state index contributed by atoms with van der Waals surface area (Å²) in [6.07, 6.45) is 1.22. The van der Waals surface area contributed by atoms with Crippen molar-refractivity contribution in [1.82, 2.24) is 15.6 Å². The highest BCUT2D eigenvalue weighted by Gasteiger charge is 2.48. The second kappa shape index (κ2) is 4.92. The van der Waals surface area contributed by atoms with Gasteiger partial charge in [-0.1, -0.05) is 17.4 Å². The predicted molar refractivity (Wildman–Crippen MR) is 89.9 cm³/mol. The minimum Gasteiger partial charge on any atom is -0.348 e. The molecule has 0 atom stereocenters. The van der Waals surface area contributed by atoms with Crippen LogP contribution in [0.5, 0.6) is 0 Å². The molecule has 2 aromatic rings. The predicted octanol–water partition coefficient (Wildman–Crippen LogP) is 2.09. The number of aryl methyl sites for hydroxylation is 2. The van der Waals surface area contributed by atoms with Crippen molar-refractivity contribution in [3.05, 3.63) is 23.3 Å². The van der Waals surface area contributed by atoms with E-state index in [2.05, 4.69) is 41.5 Å². The third-order valence-corrected chi connectivity index (χ3v) is 6.06. The van der Waals surface area contributed by atoms with Crippen LogP contribution in [0.25, 0.3) is 10.2 Å². The van der Waals surface area contributed by atoms with Crippen molar-refractivity contribution >= 4 is 38.6 Å². The van der Waals surface area contributed by atoms with E-state index in [1.165, 1.54) is 15.8 Å². The Hall–Kier alpha value is -2.15. The second-order valence-electron chi connectivity index (χ2n) is 6.33. The van der Waals surface area contributed by atoms with Crippen molar-refractivity contribution in [2.45, 2.75) is 32.2 Å². The number of imide groups is 1. The molecule has 23 heavy (non-hydrogen) atoms. The fraction of sp³-hybridized carbons (Fsp3) is 0.438. The quantitative estimate of drug-likeness (QED) is 0.785. The number of carbonyl (C=O) groups is 2. The first-order chi connectivity index (χ1) is 11.0. The molecule has 0 unspecified atom stereocenters. The lowest BCUT2D eigenvalue weighted by Gasteiger charge is -2.36. The Balaban J connectivity index is 1.58. The van der Waals surface area contributed by atoms with Crippen molar-refractivity contribution in [3.63, 3.8) is 0 Å². The summed E-state index contributed by atoms with van der Waals surface area (Å²) in [5.41, 5.74) is 2.81. The lowest BCUT2D eigenvalue weighted by molar-refractivity contribution is -0.124. The smallest absolute Gasteiger partial charge is 0.322 e. The van der Waals surface area contributed by atoms with Crippen LogP contribution in [0.3, 0.4) is 0 Å². The first kappa shape index (κ1) is 14.4. The summed E-state index contributed by atoms with van der Waals surface area (Å²) in [5.74, 6) is -0.196. The Morgan fingerprint density at radius 2 is 1.96 bits per heavy atom. The molecule has 6 nitrogen and oxygen atoms in total. The normalized spacial score (nSPS) is 20.2. The molecule has 120 valence electrons. The van der Waals surface area contributed by atoms with Crippen LogP contribution in [0, 0.1) is 13.8 Å². The van der Waals surface area contributed by atoms with Crippen molar-refractivity contribution in [1.29, 1.82) is 0 Å². The van der Waals surface area contributed by atoms with E-state index in [0.29, 0.717) is 25.9 Å². The Bertz CT molecular complexity index is 821. The van der Waals surface area contributed by atoms with Gasteiger partial charge in [-0.25, -0.2) is 9.78 Å². The minimum atomic E-state index is -0.725. The number of nitrogens with one attached hydrogen (secondary N) is 2. The maximum atomic E-state index is 12.0. The van der Waals surface area contributed by atoms with Crippen LogP contribution in [0.4, 0.5) is 9.93 Å². The number of urea groups is 1. The lowest BCUT2D eigenvalue weighted by Crippen LogP contribution is -2.54. The van der Waals surface area contributed by atoms with Crippen molar-refractivity contribution in [2.24, 2.45) is 0 Å². The van der Waals surface area contributed by atoms with Crippen LogP contribution >= 0.6 is 11.3 Å². The molecule has 4 rings (SSSR count). The van der Waals surface area contributed by atoms with E-state index >= 15 is 0 Å². The first-order valence-electron chi connectivity index (χ1n) is 7.74. The molecule has 0 saturated carbocycles. The number of aromatic nitrogens is 1. The maximum absolute atomic E-state index is 12.0. The molecule has 2 saturated heterocycles. The van der Waals surface area contributed by atoms with E-state index in [9.17, 15) is 9.59 Å². The Morgan fingerprint density at radius 3 is 2.61 bits per heavy atom. The molecular formula is C16H18N4O2S. The number of fused-ring (bicyclic) bond motifs is 1. The summed E-state index contributed by atoms with van der Waals surface area (Å²) in [7, 11) is 0. The molecule has 2 aliphatic rings. The average molecular weight is 330 g/mol. The number of piperidine rings is 1. The van der Waals surface area contributed by atoms with Gasteiger partial charge < -0.3 is 10.2 Å². The average Bonchev–Trinajstić information content (AvgIpc) is 3.07. The minimum absolute atomic E-state index is 0.196. The largest absolute Gasteiger partial charge is 0.348 e. The molecule has 0 radical (unpaired) electrons. The number of benzene rings is 1. The monoisotopic (exact) mass is 330 g/mol. The van der Waals surface area contributed by atoms with Gasteiger partial charge in [0.2, 0.25) is 0 Å². The van der Waals surface area contributed by atoms with Crippen LogP contribution in [-0.2, 0) is 4.79 Å². The van der Waals surface area contributed by atoms with Gasteiger partial charge in [0.05, 0.1) is 10.2 Å². The van der Waals surface area contributed by atoms with Crippen LogP contribution in [0.2, 0.25) is 0 Å². The van der Waals surface area contributed by atoms with Gasteiger partial charge in [-0.05, 0) is 43.9 Å². The number of rotatable bonds is 1. The number of nitrogens with zero attached hydrogens (tertiary/aromatic N) is 2. The number of thiazole rings is 1. The van der Waals surface area contributed by atoms with E-state index in [1.54, 1.807) is 11.3 Å². The number of anilines is 1. The van der Waals surface area contributed by atoms with Crippen molar-refractivity contribution in [3.8, 4) is 0 Å². The standard InChI is InChI=1S/C16H18N4O2S/c1-9-3-4-11-12(10(9)2)17-15(23-11)20-7-5-16(6-8-20)13(21)18-14(22)19-16/h3-4H,5-8H2,1-2H3,(H2,18,19,21,22). The van der Waals surface area contributed by atoms with Gasteiger partial charge in [0, 0.05) is 13.1 Å². The van der Waals surface area contributed by atoms with Gasteiger partial charge in [0.15, 0.2) is 5.13 Å². The van der Waals surface area contributed by atoms with E-state index in [0.717, 1.165) is 10.6 Å². The highest BCUT2D eigenvalue weighted by Crippen LogP contribution is 2.35. The summed E-state index contributed by atoms with van der Waals surface area (Å²) >= 11 is 1.69. The molecular weight excluding hydrogens is 312 g/mol. The molecule has 0 bridgehead atoms. The summed E-state index contributed by atoms with van der Waals surface area (Å²) in [4.78, 5) is 30.4. The molecule has 1 aromatic heterocycles. The molecule has 7 heteroatoms. The molecule has 0 aliphatic carbocycles. The van der Waals surface area contributed by atoms with Crippen LogP contribution in [-0.4, -0.2) is 35.6 Å². The molecule has 2 fully saturated rings. The molecule has 1 spiro atoms. The number of hydrogen-bond acceptors (Lipinski definition) is 5. The van der Waals surface area contributed by atoms with Gasteiger partial charge in [-0.3, -0.25) is 10.1 Å². The SMILES string of the molecule is Cc1ccc2sc(N3CCC4(CC3)NC(=O)NC4=O)nc2c1C. The Morgan fingerprint density at radius 1 is 1.22 bits per heavy atom. The zero-order valence-corrected chi connectivity index (χ0v) is 13.9. The molecule has 2 N–H and O–H groups in total. The highest BCUT2D eigenvalue weighted by molar-refractivity contribution is 7.22. The molecule has 2 aliphatic heterocycles. The van der Waals surface area contributed by atoms with Crippen LogP contribution in [0.15, 0.2) is 12.1 Å². The van der Waals surface area contributed by atoms with Crippen LogP contribution in [0.1, 0.15) is 24.0 Å². The van der Waals surface area contributed by atoms with Crippen molar-refractivity contribution < 1.29 is 9.59 Å². The van der Waals surface area contributed by atoms with Gasteiger partial charge in [-0.2, -0.15) is 0 Å². The fourth-order valence-electron chi connectivity index (χ4n) is 3.31. The molecule has 1 aromatic carbocycles. The van der Waals surface area contributed by atoms with E-state index in [4.69, 9.17) is 4.98 Å². The maximum Gasteiger partial charge on any atom is 0.322 e. The van der Waals surface area contributed by atoms with Gasteiger partial charge >= 0.3 is 6.03 Å². The van der Waals surface area contributed by atoms with Gasteiger partial charge in [-0.15, -0.1) is 0 Å². The number of hydrogen-bond donors (Lipinski definition) is 2. The lowest BCUT2D eigenvalue weighted by atomic mass is 9.88. The number of amides is 3. The van der Waals surface area contributed by atoms with Crippen LogP contribution < -0.4 is 15.5 Å². The van der Waals surface area contributed by atoms with E-state index < -0.39 is 5.54 Å².